The molecule has 0 saturated heterocycles. The lowest BCUT2D eigenvalue weighted by atomic mass is 10.1. The third-order valence-electron chi connectivity index (χ3n) is 11.2. The largest absolute Gasteiger partial charge is 0.481 e. The maximum atomic E-state index is 13.9. The van der Waals surface area contributed by atoms with Crippen LogP contribution < -0.4 is 25.8 Å². The average Bonchev–Trinajstić information content (AvgIpc) is 4.12. The summed E-state index contributed by atoms with van der Waals surface area (Å²) >= 11 is 0. The molecule has 0 bridgehead atoms. The first-order valence-corrected chi connectivity index (χ1v) is 23.9. The van der Waals surface area contributed by atoms with Gasteiger partial charge in [-0.15, -0.1) is 0 Å². The number of sulfonamides is 1. The fourth-order valence-corrected chi connectivity index (χ4v) is 7.65. The SMILES string of the molecule is CCC(CC)N(CCN(C)C(=O)CCC(=O)O)Cc1cccc(C(=O)Nc2ccc(OCC3CC3)nc2C(=O)Nc2ccc(CN(C)Cc3ccc(C(=O)NCCS(N)(=O)=O)cc3)cc2)c1. The number of ether oxygens (including phenoxy) is 1. The molecule has 1 aliphatic rings. The van der Waals surface area contributed by atoms with Gasteiger partial charge >= 0.3 is 5.97 Å². The summed E-state index contributed by atoms with van der Waals surface area (Å²) in [4.78, 5) is 74.1. The van der Waals surface area contributed by atoms with Crippen LogP contribution in [0.3, 0.4) is 0 Å². The number of hydrogen-bond donors (Lipinski definition) is 5. The van der Waals surface area contributed by atoms with Crippen LogP contribution in [0.1, 0.15) is 100 Å². The highest BCUT2D eigenvalue weighted by atomic mass is 32.2. The number of nitrogens with zero attached hydrogens (tertiary/aromatic N) is 4. The number of primary sulfonamides is 1. The molecule has 1 aliphatic carbocycles. The predicted molar refractivity (Wildman–Crippen MR) is 252 cm³/mol. The Kier molecular flexibility index (Phi) is 18.7. The molecule has 1 aromatic heterocycles. The van der Waals surface area contributed by atoms with Crippen molar-refractivity contribution < 1.29 is 42.2 Å². The van der Waals surface area contributed by atoms with E-state index in [-0.39, 0.29) is 60.3 Å². The van der Waals surface area contributed by atoms with Gasteiger partial charge in [-0.2, -0.15) is 0 Å². The topological polar surface area (TPSA) is 234 Å². The van der Waals surface area contributed by atoms with Crippen molar-refractivity contribution in [1.29, 1.82) is 0 Å². The van der Waals surface area contributed by atoms with Crippen LogP contribution in [0.25, 0.3) is 0 Å². The van der Waals surface area contributed by atoms with Crippen molar-refractivity contribution in [2.24, 2.45) is 11.1 Å². The van der Waals surface area contributed by atoms with E-state index in [1.165, 1.54) is 0 Å². The second-order valence-corrected chi connectivity index (χ2v) is 18.5. The number of carboxylic acids is 1. The first kappa shape index (κ1) is 50.8. The number of anilines is 2. The van der Waals surface area contributed by atoms with Gasteiger partial charge in [0.25, 0.3) is 17.7 Å². The Balaban J connectivity index is 1.21. The van der Waals surface area contributed by atoms with E-state index >= 15 is 0 Å². The van der Waals surface area contributed by atoms with Gasteiger partial charge < -0.3 is 30.7 Å². The van der Waals surface area contributed by atoms with Crippen molar-refractivity contribution in [1.82, 2.24) is 25.0 Å². The lowest BCUT2D eigenvalue weighted by molar-refractivity contribution is -0.140. The van der Waals surface area contributed by atoms with Crippen LogP contribution in [0.4, 0.5) is 11.4 Å². The van der Waals surface area contributed by atoms with Gasteiger partial charge in [-0.1, -0.05) is 50.2 Å². The number of nitrogens with one attached hydrogen (secondary N) is 3. The Morgan fingerprint density at radius 2 is 1.45 bits per heavy atom. The smallest absolute Gasteiger partial charge is 0.303 e. The molecule has 1 heterocycles. The van der Waals surface area contributed by atoms with Gasteiger partial charge in [-0.3, -0.25) is 33.8 Å². The normalized spacial score (nSPS) is 12.5. The Labute approximate surface area is 387 Å². The van der Waals surface area contributed by atoms with Gasteiger partial charge in [0.2, 0.25) is 21.8 Å². The van der Waals surface area contributed by atoms with Gasteiger partial charge in [0, 0.05) is 81.7 Å². The first-order chi connectivity index (χ1) is 31.5. The Morgan fingerprint density at radius 1 is 0.788 bits per heavy atom. The second kappa shape index (κ2) is 24.4. The quantitative estimate of drug-likeness (QED) is 0.0537. The molecule has 0 atom stereocenters. The van der Waals surface area contributed by atoms with Crippen LogP contribution in [0, 0.1) is 5.92 Å². The minimum Gasteiger partial charge on any atom is -0.481 e. The molecule has 4 amide bonds. The summed E-state index contributed by atoms with van der Waals surface area (Å²) in [5, 5.41) is 22.4. The number of aromatic nitrogens is 1. The number of carbonyl (C=O) groups is 5. The highest BCUT2D eigenvalue weighted by molar-refractivity contribution is 7.89. The van der Waals surface area contributed by atoms with Crippen LogP contribution >= 0.6 is 0 Å². The van der Waals surface area contributed by atoms with Crippen LogP contribution in [-0.2, 0) is 39.2 Å². The second-order valence-electron chi connectivity index (χ2n) is 16.7. The van der Waals surface area contributed by atoms with Gasteiger partial charge in [0.05, 0.1) is 24.5 Å². The number of carboxylic acid groups (broad SMARTS) is 1. The number of likely N-dealkylation sites (N-methyl/N-ethyl adjacent to an activating group) is 1. The molecule has 17 nitrogen and oxygen atoms in total. The molecular weight excluding hydrogens is 865 g/mol. The zero-order chi connectivity index (χ0) is 47.8. The van der Waals surface area contributed by atoms with E-state index in [0.717, 1.165) is 42.4 Å². The molecule has 66 heavy (non-hydrogen) atoms. The van der Waals surface area contributed by atoms with Crippen molar-refractivity contribution in [3.8, 4) is 5.88 Å². The molecule has 4 aromatic rings. The summed E-state index contributed by atoms with van der Waals surface area (Å²) < 4.78 is 28.2. The number of aliphatic carboxylic acids is 1. The highest BCUT2D eigenvalue weighted by Gasteiger charge is 2.24. The highest BCUT2D eigenvalue weighted by Crippen LogP contribution is 2.30. The molecule has 0 unspecified atom stereocenters. The van der Waals surface area contributed by atoms with Crippen LogP contribution in [0.2, 0.25) is 0 Å². The monoisotopic (exact) mass is 926 g/mol. The lowest BCUT2D eigenvalue weighted by Crippen LogP contribution is -2.41. The number of hydrogen-bond acceptors (Lipinski definition) is 11. The summed E-state index contributed by atoms with van der Waals surface area (Å²) in [6.45, 7) is 7.32. The van der Waals surface area contributed by atoms with Gasteiger partial charge in [0.1, 0.15) is 0 Å². The Morgan fingerprint density at radius 3 is 2.08 bits per heavy atom. The minimum atomic E-state index is -3.67. The summed E-state index contributed by atoms with van der Waals surface area (Å²) in [5.41, 5.74) is 4.38. The number of nitrogens with two attached hydrogens (primary N) is 1. The van der Waals surface area contributed by atoms with E-state index in [1.54, 1.807) is 54.4 Å². The van der Waals surface area contributed by atoms with Crippen molar-refractivity contribution in [3.05, 3.63) is 118 Å². The number of benzene rings is 3. The van der Waals surface area contributed by atoms with Crippen LogP contribution in [-0.4, -0.2) is 115 Å². The molecule has 1 saturated carbocycles. The Hall–Kier alpha value is -6.21. The van der Waals surface area contributed by atoms with Crippen LogP contribution in [0.15, 0.2) is 84.9 Å². The fraction of sp³-hybridized carbons (Fsp3) is 0.417. The molecular formula is C48H62N8O9S. The molecule has 0 radical (unpaired) electrons. The van der Waals surface area contributed by atoms with E-state index < -0.39 is 27.8 Å². The van der Waals surface area contributed by atoms with E-state index in [9.17, 15) is 32.4 Å². The number of amides is 4. The van der Waals surface area contributed by atoms with Gasteiger partial charge in [0.15, 0.2) is 5.69 Å². The van der Waals surface area contributed by atoms with Crippen molar-refractivity contribution in [2.75, 3.05) is 56.7 Å². The molecule has 354 valence electrons. The van der Waals surface area contributed by atoms with Crippen molar-refractivity contribution >= 4 is 51.0 Å². The summed E-state index contributed by atoms with van der Waals surface area (Å²) in [6, 6.07) is 25.2. The molecule has 1 fully saturated rings. The van der Waals surface area contributed by atoms with E-state index in [0.29, 0.717) is 62.1 Å². The molecule has 0 aliphatic heterocycles. The molecule has 6 N–H and O–H groups in total. The van der Waals surface area contributed by atoms with Crippen LogP contribution in [0.5, 0.6) is 5.88 Å². The molecule has 5 rings (SSSR count). The van der Waals surface area contributed by atoms with Crippen molar-refractivity contribution in [2.45, 2.75) is 78.0 Å². The number of carbonyl (C=O) groups excluding carboxylic acids is 4. The third kappa shape index (κ3) is 16.7. The van der Waals surface area contributed by atoms with Gasteiger partial charge in [-0.25, -0.2) is 18.5 Å². The summed E-state index contributed by atoms with van der Waals surface area (Å²) in [6.07, 6.45) is 3.65. The minimum absolute atomic E-state index is 0.00875. The maximum Gasteiger partial charge on any atom is 0.303 e. The molecule has 0 spiro atoms. The van der Waals surface area contributed by atoms with E-state index in [1.807, 2.05) is 49.5 Å². The van der Waals surface area contributed by atoms with E-state index in [2.05, 4.69) is 44.6 Å². The lowest BCUT2D eigenvalue weighted by Gasteiger charge is -2.32. The van der Waals surface area contributed by atoms with E-state index in [4.69, 9.17) is 15.0 Å². The van der Waals surface area contributed by atoms with Gasteiger partial charge in [-0.05, 0) is 97.8 Å². The number of rotatable bonds is 26. The standard InChI is InChI=1S/C48H62N8O9S/c1-5-40(6-2)56(26-25-55(4)43(57)22-23-44(58)59)31-36-8-7-9-38(28-36)47(61)52-41-20-21-42(65-32-35-10-11-35)53-45(41)48(62)51-39-18-14-34(15-19-39)30-54(3)29-33-12-16-37(17-13-33)46(60)50-24-27-66(49,63)64/h7-9,12-21,28,35,40H,5-6,10-11,22-27,29-32H2,1-4H3,(H,50,60)(H,51,62)(H,52,61)(H,58,59)(H2,49,63,64). The summed E-state index contributed by atoms with van der Waals surface area (Å²) in [5.74, 6) is -2.19. The fourth-order valence-electron chi connectivity index (χ4n) is 7.26. The zero-order valence-electron chi connectivity index (χ0n) is 38.1. The molecule has 3 aromatic carbocycles. The predicted octanol–water partition coefficient (Wildman–Crippen LogP) is 5.34. The molecule has 18 heteroatoms. The third-order valence-corrected chi connectivity index (χ3v) is 12.0. The average molecular weight is 927 g/mol. The Bertz CT molecular complexity index is 2410. The maximum absolute atomic E-state index is 13.9. The first-order valence-electron chi connectivity index (χ1n) is 22.2. The van der Waals surface area contributed by atoms with Crippen molar-refractivity contribution in [3.63, 3.8) is 0 Å². The number of pyridine rings is 1. The summed E-state index contributed by atoms with van der Waals surface area (Å²) in [7, 11) is -0.0313. The zero-order valence-corrected chi connectivity index (χ0v) is 38.9.